The average Bonchev–Trinajstić information content (AvgIpc) is 2.78. The van der Waals surface area contributed by atoms with Crippen molar-refractivity contribution >= 4 is 12.0 Å². The molecule has 7 heteroatoms. The number of carboxylic acid groups (broad SMARTS) is 1. The summed E-state index contributed by atoms with van der Waals surface area (Å²) in [6.07, 6.45) is -0.536. The van der Waals surface area contributed by atoms with E-state index in [0.717, 1.165) is 12.1 Å². The Bertz CT molecular complexity index is 1110. The number of hydrogen-bond donors (Lipinski definition) is 1. The maximum Gasteiger partial charge on any atom is 0.416 e. The lowest BCUT2D eigenvalue weighted by Gasteiger charge is -2.14. The quantitative estimate of drug-likeness (QED) is 0.371. The van der Waals surface area contributed by atoms with Gasteiger partial charge < -0.3 is 14.6 Å². The van der Waals surface area contributed by atoms with E-state index in [4.69, 9.17) is 9.47 Å². The smallest absolute Gasteiger partial charge is 0.416 e. The highest BCUT2D eigenvalue weighted by Crippen LogP contribution is 2.33. The number of rotatable bonds is 9. The fourth-order valence-electron chi connectivity index (χ4n) is 3.23. The van der Waals surface area contributed by atoms with E-state index >= 15 is 0 Å². The second-order valence-electron chi connectivity index (χ2n) is 7.25. The molecule has 0 saturated heterocycles. The number of para-hydroxylation sites is 2. The second kappa shape index (κ2) is 10.7. The third-order valence-electron chi connectivity index (χ3n) is 4.93. The summed E-state index contributed by atoms with van der Waals surface area (Å²) in [6.45, 7) is 1.99. The SMILES string of the molecule is CCC(C(=O)O)c1cccc(Oc2ccccc2OCC=Cc2ccc(C(F)(F)F)cc2)c1. The Hall–Kier alpha value is -3.74. The van der Waals surface area contributed by atoms with Crippen LogP contribution in [0.25, 0.3) is 6.08 Å². The van der Waals surface area contributed by atoms with Gasteiger partial charge in [0, 0.05) is 0 Å². The molecule has 0 aliphatic rings. The maximum absolute atomic E-state index is 12.6. The molecule has 0 spiro atoms. The molecule has 0 fully saturated rings. The summed E-state index contributed by atoms with van der Waals surface area (Å²) in [5.41, 5.74) is 0.580. The monoisotopic (exact) mass is 456 g/mol. The van der Waals surface area contributed by atoms with Crippen LogP contribution in [-0.2, 0) is 11.0 Å². The molecule has 0 aliphatic heterocycles. The summed E-state index contributed by atoms with van der Waals surface area (Å²) < 4.78 is 49.6. The van der Waals surface area contributed by atoms with Gasteiger partial charge in [-0.3, -0.25) is 4.79 Å². The van der Waals surface area contributed by atoms with Gasteiger partial charge in [0.2, 0.25) is 0 Å². The molecule has 3 aromatic carbocycles. The van der Waals surface area contributed by atoms with Crippen LogP contribution in [0, 0.1) is 0 Å². The normalized spacial score (nSPS) is 12.5. The number of benzene rings is 3. The van der Waals surface area contributed by atoms with Crippen LogP contribution in [0.2, 0.25) is 0 Å². The van der Waals surface area contributed by atoms with Gasteiger partial charge >= 0.3 is 12.1 Å². The van der Waals surface area contributed by atoms with Crippen LogP contribution in [0.5, 0.6) is 17.2 Å². The third kappa shape index (κ3) is 6.62. The topological polar surface area (TPSA) is 55.8 Å². The molecule has 0 radical (unpaired) electrons. The van der Waals surface area contributed by atoms with Crippen LogP contribution in [0.15, 0.2) is 78.9 Å². The number of hydrogen-bond acceptors (Lipinski definition) is 3. The number of carbonyl (C=O) groups is 1. The first-order valence-electron chi connectivity index (χ1n) is 10.3. The summed E-state index contributed by atoms with van der Waals surface area (Å²) in [7, 11) is 0. The van der Waals surface area contributed by atoms with Gasteiger partial charge in [-0.25, -0.2) is 0 Å². The molecular formula is C26H23F3O4. The highest BCUT2D eigenvalue weighted by molar-refractivity contribution is 5.76. The van der Waals surface area contributed by atoms with Crippen LogP contribution in [0.4, 0.5) is 13.2 Å². The van der Waals surface area contributed by atoms with Gasteiger partial charge in [0.15, 0.2) is 11.5 Å². The predicted molar refractivity (Wildman–Crippen MR) is 120 cm³/mol. The highest BCUT2D eigenvalue weighted by atomic mass is 19.4. The highest BCUT2D eigenvalue weighted by Gasteiger charge is 2.29. The summed E-state index contributed by atoms with van der Waals surface area (Å²) in [4.78, 5) is 11.4. The average molecular weight is 456 g/mol. The molecular weight excluding hydrogens is 433 g/mol. The maximum atomic E-state index is 12.6. The van der Waals surface area contributed by atoms with Crippen LogP contribution in [0.1, 0.15) is 36.0 Å². The van der Waals surface area contributed by atoms with Crippen molar-refractivity contribution in [2.24, 2.45) is 0 Å². The molecule has 33 heavy (non-hydrogen) atoms. The van der Waals surface area contributed by atoms with Crippen molar-refractivity contribution in [2.45, 2.75) is 25.4 Å². The largest absolute Gasteiger partial charge is 0.486 e. The first-order chi connectivity index (χ1) is 15.8. The molecule has 0 aliphatic carbocycles. The molecule has 0 heterocycles. The van der Waals surface area contributed by atoms with Gasteiger partial charge in [0.25, 0.3) is 0 Å². The molecule has 1 unspecified atom stereocenters. The minimum absolute atomic E-state index is 0.179. The van der Waals surface area contributed by atoms with E-state index in [-0.39, 0.29) is 6.61 Å². The first-order valence-corrected chi connectivity index (χ1v) is 10.3. The Morgan fingerprint density at radius 1 is 1.00 bits per heavy atom. The summed E-state index contributed by atoms with van der Waals surface area (Å²) >= 11 is 0. The molecule has 0 amide bonds. The van der Waals surface area contributed by atoms with Gasteiger partial charge in [0.1, 0.15) is 12.4 Å². The van der Waals surface area contributed by atoms with Crippen molar-refractivity contribution in [3.05, 3.63) is 95.6 Å². The lowest BCUT2D eigenvalue weighted by molar-refractivity contribution is -0.139. The van der Waals surface area contributed by atoms with Gasteiger partial charge in [-0.1, -0.05) is 49.4 Å². The molecule has 172 valence electrons. The fraction of sp³-hybridized carbons (Fsp3) is 0.192. The number of carboxylic acids is 1. The van der Waals surface area contributed by atoms with E-state index in [0.29, 0.717) is 34.8 Å². The van der Waals surface area contributed by atoms with Crippen molar-refractivity contribution in [1.29, 1.82) is 0 Å². The summed E-state index contributed by atoms with van der Waals surface area (Å²) in [5, 5.41) is 9.39. The number of aliphatic carboxylic acids is 1. The molecule has 4 nitrogen and oxygen atoms in total. The Morgan fingerprint density at radius 3 is 2.33 bits per heavy atom. The predicted octanol–water partition coefficient (Wildman–Crippen LogP) is 7.17. The van der Waals surface area contributed by atoms with Gasteiger partial charge in [0.05, 0.1) is 11.5 Å². The standard InChI is InChI=1S/C26H23F3O4/c1-2-22(25(30)31)19-8-5-9-21(17-19)33-24-11-4-3-10-23(24)32-16-6-7-18-12-14-20(15-13-18)26(27,28)29/h3-15,17,22H,2,16H2,1H3,(H,30,31). The summed E-state index contributed by atoms with van der Waals surface area (Å²) in [5.74, 6) is -0.0802. The first kappa shape index (κ1) is 23.9. The lowest BCUT2D eigenvalue weighted by atomic mass is 9.96. The molecule has 0 bridgehead atoms. The molecule has 3 rings (SSSR count). The van der Waals surface area contributed by atoms with E-state index in [1.165, 1.54) is 12.1 Å². The van der Waals surface area contributed by atoms with Crippen LogP contribution >= 0.6 is 0 Å². The van der Waals surface area contributed by atoms with Gasteiger partial charge in [-0.05, 0) is 60.0 Å². The Balaban J connectivity index is 1.65. The van der Waals surface area contributed by atoms with E-state index in [2.05, 4.69) is 0 Å². The zero-order valence-electron chi connectivity index (χ0n) is 17.9. The van der Waals surface area contributed by atoms with Gasteiger partial charge in [-0.15, -0.1) is 0 Å². The lowest BCUT2D eigenvalue weighted by Crippen LogP contribution is -2.10. The van der Waals surface area contributed by atoms with Crippen molar-refractivity contribution in [3.63, 3.8) is 0 Å². The van der Waals surface area contributed by atoms with E-state index in [1.54, 1.807) is 60.7 Å². The van der Waals surface area contributed by atoms with Crippen molar-refractivity contribution in [3.8, 4) is 17.2 Å². The Labute approximate surface area is 189 Å². The molecule has 0 saturated carbocycles. The minimum atomic E-state index is -4.36. The van der Waals surface area contributed by atoms with Crippen molar-refractivity contribution in [1.82, 2.24) is 0 Å². The number of ether oxygens (including phenoxy) is 2. The molecule has 1 N–H and O–H groups in total. The summed E-state index contributed by atoms with van der Waals surface area (Å²) in [6, 6.07) is 18.8. The van der Waals surface area contributed by atoms with Gasteiger partial charge in [-0.2, -0.15) is 13.2 Å². The second-order valence-corrected chi connectivity index (χ2v) is 7.25. The number of halogens is 3. The van der Waals surface area contributed by atoms with E-state index < -0.39 is 23.6 Å². The number of alkyl halides is 3. The third-order valence-corrected chi connectivity index (χ3v) is 4.93. The van der Waals surface area contributed by atoms with E-state index in [9.17, 15) is 23.1 Å². The Morgan fingerprint density at radius 2 is 1.70 bits per heavy atom. The fourth-order valence-corrected chi connectivity index (χ4v) is 3.23. The minimum Gasteiger partial charge on any atom is -0.486 e. The Kier molecular flexibility index (Phi) is 7.77. The van der Waals surface area contributed by atoms with Crippen LogP contribution < -0.4 is 9.47 Å². The van der Waals surface area contributed by atoms with Crippen LogP contribution in [0.3, 0.4) is 0 Å². The molecule has 1 atom stereocenters. The van der Waals surface area contributed by atoms with Crippen LogP contribution in [-0.4, -0.2) is 17.7 Å². The van der Waals surface area contributed by atoms with Crippen molar-refractivity contribution in [2.75, 3.05) is 6.61 Å². The molecule has 3 aromatic rings. The zero-order chi connectivity index (χ0) is 23.8. The van der Waals surface area contributed by atoms with Crippen molar-refractivity contribution < 1.29 is 32.5 Å². The zero-order valence-corrected chi connectivity index (χ0v) is 17.9. The van der Waals surface area contributed by atoms with E-state index in [1.807, 2.05) is 6.92 Å². The molecule has 0 aromatic heterocycles.